The number of aryl methyl sites for hydroxylation is 1. The van der Waals surface area contributed by atoms with Gasteiger partial charge in [-0.15, -0.1) is 0 Å². The standard InChI is InChI=1S/C18H28FN3O2/c1-20-9-11-22(12-10-20)14-16(23)13-21(2)18(24)8-7-15-5-3-4-6-17(15)19/h3-6,16,23H,7-14H2,1-2H3. The van der Waals surface area contributed by atoms with Crippen LogP contribution in [0, 0.1) is 5.82 Å². The Hall–Kier alpha value is -1.50. The fourth-order valence-corrected chi connectivity index (χ4v) is 2.94. The number of aliphatic hydroxyl groups is 1. The molecule has 1 amide bonds. The smallest absolute Gasteiger partial charge is 0.222 e. The molecular formula is C18H28FN3O2. The van der Waals surface area contributed by atoms with E-state index >= 15 is 0 Å². The molecule has 1 unspecified atom stereocenters. The molecule has 1 aromatic carbocycles. The minimum Gasteiger partial charge on any atom is -0.390 e. The van der Waals surface area contributed by atoms with Crippen molar-refractivity contribution >= 4 is 5.91 Å². The third-order valence-corrected chi connectivity index (χ3v) is 4.54. The lowest BCUT2D eigenvalue weighted by atomic mass is 10.1. The molecule has 5 nitrogen and oxygen atoms in total. The second-order valence-electron chi connectivity index (χ2n) is 6.62. The number of likely N-dealkylation sites (N-methyl/N-ethyl adjacent to an activating group) is 2. The summed E-state index contributed by atoms with van der Waals surface area (Å²) in [5.41, 5.74) is 0.553. The van der Waals surface area contributed by atoms with Crippen molar-refractivity contribution in [2.75, 3.05) is 53.4 Å². The Morgan fingerprint density at radius 3 is 2.62 bits per heavy atom. The van der Waals surface area contributed by atoms with E-state index in [9.17, 15) is 14.3 Å². The fourth-order valence-electron chi connectivity index (χ4n) is 2.94. The van der Waals surface area contributed by atoms with Gasteiger partial charge in [-0.05, 0) is 25.1 Å². The minimum absolute atomic E-state index is 0.0734. The Bertz CT molecular complexity index is 533. The van der Waals surface area contributed by atoms with Gasteiger partial charge in [-0.3, -0.25) is 9.69 Å². The van der Waals surface area contributed by atoms with E-state index in [1.165, 1.54) is 6.07 Å². The monoisotopic (exact) mass is 337 g/mol. The third-order valence-electron chi connectivity index (χ3n) is 4.54. The number of carbonyl (C=O) groups excluding carboxylic acids is 1. The van der Waals surface area contributed by atoms with Crippen molar-refractivity contribution in [1.29, 1.82) is 0 Å². The molecule has 1 aromatic rings. The van der Waals surface area contributed by atoms with Crippen LogP contribution >= 0.6 is 0 Å². The van der Waals surface area contributed by atoms with Gasteiger partial charge in [0.05, 0.1) is 6.10 Å². The molecule has 0 aliphatic carbocycles. The van der Waals surface area contributed by atoms with Crippen LogP contribution in [0.3, 0.4) is 0 Å². The fraction of sp³-hybridized carbons (Fsp3) is 0.611. The molecule has 1 aliphatic heterocycles. The molecule has 1 N–H and O–H groups in total. The normalized spacial score (nSPS) is 17.7. The molecule has 0 aromatic heterocycles. The van der Waals surface area contributed by atoms with E-state index in [4.69, 9.17) is 0 Å². The quantitative estimate of drug-likeness (QED) is 0.800. The molecule has 0 saturated carbocycles. The zero-order valence-corrected chi connectivity index (χ0v) is 14.6. The van der Waals surface area contributed by atoms with E-state index in [0.29, 0.717) is 25.1 Å². The van der Waals surface area contributed by atoms with Crippen molar-refractivity contribution in [2.24, 2.45) is 0 Å². The first-order valence-corrected chi connectivity index (χ1v) is 8.52. The number of piperazine rings is 1. The van der Waals surface area contributed by atoms with Crippen molar-refractivity contribution < 1.29 is 14.3 Å². The highest BCUT2D eigenvalue weighted by atomic mass is 19.1. The summed E-state index contributed by atoms with van der Waals surface area (Å²) >= 11 is 0. The Morgan fingerprint density at radius 2 is 1.96 bits per heavy atom. The lowest BCUT2D eigenvalue weighted by Gasteiger charge is -2.34. The number of nitrogens with zero attached hydrogens (tertiary/aromatic N) is 3. The van der Waals surface area contributed by atoms with E-state index in [0.717, 1.165) is 26.2 Å². The van der Waals surface area contributed by atoms with E-state index in [2.05, 4.69) is 16.8 Å². The van der Waals surface area contributed by atoms with Gasteiger partial charge in [0.25, 0.3) is 0 Å². The van der Waals surface area contributed by atoms with Crippen LogP contribution in [-0.4, -0.2) is 85.2 Å². The van der Waals surface area contributed by atoms with E-state index in [1.807, 2.05) is 0 Å². The summed E-state index contributed by atoms with van der Waals surface area (Å²) in [6.45, 7) is 4.78. The molecule has 1 atom stereocenters. The molecule has 1 aliphatic rings. The maximum Gasteiger partial charge on any atom is 0.222 e. The Kier molecular flexibility index (Phi) is 7.15. The van der Waals surface area contributed by atoms with Crippen LogP contribution in [0.25, 0.3) is 0 Å². The van der Waals surface area contributed by atoms with E-state index in [1.54, 1.807) is 30.1 Å². The maximum absolute atomic E-state index is 13.6. The van der Waals surface area contributed by atoms with Gasteiger partial charge in [-0.1, -0.05) is 18.2 Å². The average molecular weight is 337 g/mol. The topological polar surface area (TPSA) is 47.0 Å². The SMILES string of the molecule is CN1CCN(CC(O)CN(C)C(=O)CCc2ccccc2F)CC1. The second-order valence-corrected chi connectivity index (χ2v) is 6.62. The van der Waals surface area contributed by atoms with Crippen LogP contribution in [0.15, 0.2) is 24.3 Å². The van der Waals surface area contributed by atoms with Crippen molar-refractivity contribution in [1.82, 2.24) is 14.7 Å². The number of hydrogen-bond acceptors (Lipinski definition) is 4. The summed E-state index contributed by atoms with van der Waals surface area (Å²) in [4.78, 5) is 18.2. The molecule has 0 bridgehead atoms. The molecule has 1 fully saturated rings. The number of aliphatic hydroxyl groups excluding tert-OH is 1. The zero-order valence-electron chi connectivity index (χ0n) is 14.6. The van der Waals surface area contributed by atoms with E-state index < -0.39 is 6.10 Å². The number of halogens is 1. The average Bonchev–Trinajstić information content (AvgIpc) is 2.56. The summed E-state index contributed by atoms with van der Waals surface area (Å²) in [6.07, 6.45) is 0.0686. The van der Waals surface area contributed by atoms with Crippen LogP contribution in [-0.2, 0) is 11.2 Å². The van der Waals surface area contributed by atoms with Gasteiger partial charge in [-0.2, -0.15) is 0 Å². The van der Waals surface area contributed by atoms with Gasteiger partial charge in [0.15, 0.2) is 0 Å². The lowest BCUT2D eigenvalue weighted by molar-refractivity contribution is -0.131. The number of amides is 1. The summed E-state index contributed by atoms with van der Waals surface area (Å²) in [6, 6.07) is 6.52. The largest absolute Gasteiger partial charge is 0.390 e. The summed E-state index contributed by atoms with van der Waals surface area (Å²) in [5.74, 6) is -0.348. The van der Waals surface area contributed by atoms with Gasteiger partial charge < -0.3 is 14.9 Å². The molecule has 1 saturated heterocycles. The molecular weight excluding hydrogens is 309 g/mol. The summed E-state index contributed by atoms with van der Waals surface area (Å²) in [7, 11) is 3.78. The van der Waals surface area contributed by atoms with Crippen molar-refractivity contribution in [2.45, 2.75) is 18.9 Å². The van der Waals surface area contributed by atoms with Gasteiger partial charge in [0.1, 0.15) is 5.82 Å². The highest BCUT2D eigenvalue weighted by Gasteiger charge is 2.19. The minimum atomic E-state index is -0.559. The third kappa shape index (κ3) is 5.85. The first-order valence-electron chi connectivity index (χ1n) is 8.52. The number of β-amino-alcohol motifs (C(OH)–C–C–N with tert-alkyl or cyclic N) is 1. The van der Waals surface area contributed by atoms with Crippen LogP contribution in [0.2, 0.25) is 0 Å². The predicted molar refractivity (Wildman–Crippen MR) is 92.3 cm³/mol. The number of hydrogen-bond donors (Lipinski definition) is 1. The lowest BCUT2D eigenvalue weighted by Crippen LogP contribution is -2.49. The van der Waals surface area contributed by atoms with Crippen molar-refractivity contribution in [3.05, 3.63) is 35.6 Å². The Balaban J connectivity index is 1.71. The Morgan fingerprint density at radius 1 is 1.29 bits per heavy atom. The van der Waals surface area contributed by atoms with Crippen LogP contribution in [0.4, 0.5) is 4.39 Å². The highest BCUT2D eigenvalue weighted by Crippen LogP contribution is 2.10. The molecule has 2 rings (SSSR count). The van der Waals surface area contributed by atoms with Crippen LogP contribution < -0.4 is 0 Å². The number of benzene rings is 1. The van der Waals surface area contributed by atoms with Crippen molar-refractivity contribution in [3.8, 4) is 0 Å². The number of carbonyl (C=O) groups is 1. The van der Waals surface area contributed by atoms with Gasteiger partial charge in [-0.25, -0.2) is 4.39 Å². The van der Waals surface area contributed by atoms with E-state index in [-0.39, 0.29) is 18.1 Å². The zero-order chi connectivity index (χ0) is 17.5. The Labute approximate surface area is 143 Å². The predicted octanol–water partition coefficient (Wildman–Crippen LogP) is 0.825. The van der Waals surface area contributed by atoms with Gasteiger partial charge >= 0.3 is 0 Å². The summed E-state index contributed by atoms with van der Waals surface area (Å²) < 4.78 is 13.6. The maximum atomic E-state index is 13.6. The molecule has 1 heterocycles. The second kappa shape index (κ2) is 9.11. The molecule has 0 spiro atoms. The molecule has 6 heteroatoms. The van der Waals surface area contributed by atoms with Crippen LogP contribution in [0.5, 0.6) is 0 Å². The highest BCUT2D eigenvalue weighted by molar-refractivity contribution is 5.76. The number of rotatable bonds is 7. The molecule has 24 heavy (non-hydrogen) atoms. The van der Waals surface area contributed by atoms with Crippen LogP contribution in [0.1, 0.15) is 12.0 Å². The first-order chi connectivity index (χ1) is 11.5. The van der Waals surface area contributed by atoms with Gasteiger partial charge in [0.2, 0.25) is 5.91 Å². The first kappa shape index (κ1) is 18.8. The summed E-state index contributed by atoms with van der Waals surface area (Å²) in [5, 5.41) is 10.2. The van der Waals surface area contributed by atoms with Gasteiger partial charge in [0, 0.05) is 52.7 Å². The molecule has 134 valence electrons. The van der Waals surface area contributed by atoms with Crippen molar-refractivity contribution in [3.63, 3.8) is 0 Å². The molecule has 0 radical (unpaired) electrons.